The fourth-order valence-electron chi connectivity index (χ4n) is 1.73. The largest absolute Gasteiger partial charge is 0.322 e. The van der Waals surface area contributed by atoms with Crippen molar-refractivity contribution in [2.75, 3.05) is 5.32 Å². The summed E-state index contributed by atoms with van der Waals surface area (Å²) in [5.41, 5.74) is 3.63. The van der Waals surface area contributed by atoms with Gasteiger partial charge in [0.15, 0.2) is 0 Å². The summed E-state index contributed by atoms with van der Waals surface area (Å²) in [7, 11) is 0. The summed E-state index contributed by atoms with van der Waals surface area (Å²) in [5.74, 6) is -0.118. The summed E-state index contributed by atoms with van der Waals surface area (Å²) in [4.78, 5) is 12.3. The van der Waals surface area contributed by atoms with Crippen LogP contribution in [0.4, 0.5) is 5.69 Å². The molecular weight excluding hydrogens is 370 g/mol. The molecule has 0 heterocycles. The summed E-state index contributed by atoms with van der Waals surface area (Å²) in [6, 6.07) is 11.5. The van der Waals surface area contributed by atoms with Crippen LogP contribution < -0.4 is 5.32 Å². The second-order valence-corrected chi connectivity index (χ2v) is 6.17. The van der Waals surface area contributed by atoms with E-state index in [1.165, 1.54) is 0 Å². The molecule has 0 aliphatic heterocycles. The van der Waals surface area contributed by atoms with Gasteiger partial charge in [-0.1, -0.05) is 28.1 Å². The normalized spacial score (nSPS) is 10.3. The van der Waals surface area contributed by atoms with Crippen LogP contribution in [0.5, 0.6) is 0 Å². The number of amides is 1. The Kier molecular flexibility index (Phi) is 4.42. The van der Waals surface area contributed by atoms with E-state index in [2.05, 4.69) is 37.2 Å². The summed E-state index contributed by atoms with van der Waals surface area (Å²) < 4.78 is 1.70. The Morgan fingerprint density at radius 3 is 2.47 bits per heavy atom. The molecule has 0 aliphatic carbocycles. The maximum Gasteiger partial charge on any atom is 0.256 e. The van der Waals surface area contributed by atoms with Crippen LogP contribution in [0.25, 0.3) is 0 Å². The van der Waals surface area contributed by atoms with Crippen molar-refractivity contribution in [3.8, 4) is 0 Å². The Bertz CT molecular complexity index is 638. The van der Waals surface area contributed by atoms with E-state index in [0.717, 1.165) is 25.8 Å². The molecule has 2 aromatic carbocycles. The molecule has 2 aromatic rings. The number of rotatable bonds is 2. The molecule has 0 spiro atoms. The molecule has 1 N–H and O–H groups in total. The average molecular weight is 383 g/mol. The number of hydrogen-bond acceptors (Lipinski definition) is 1. The van der Waals surface area contributed by atoms with E-state index >= 15 is 0 Å². The highest BCUT2D eigenvalue weighted by Crippen LogP contribution is 2.24. The second kappa shape index (κ2) is 5.88. The zero-order valence-electron chi connectivity index (χ0n) is 10.6. The first-order valence-electron chi connectivity index (χ1n) is 5.81. The van der Waals surface area contributed by atoms with Gasteiger partial charge in [-0.3, -0.25) is 4.79 Å². The minimum absolute atomic E-state index is 0.118. The van der Waals surface area contributed by atoms with Gasteiger partial charge in [-0.2, -0.15) is 0 Å². The lowest BCUT2D eigenvalue weighted by Gasteiger charge is -2.10. The predicted molar refractivity (Wildman–Crippen MR) is 85.7 cm³/mol. The monoisotopic (exact) mass is 381 g/mol. The standard InChI is InChI=1S/C15H13Br2NO/c1-9-3-4-10(2)14(7-9)18-15(19)12-6-5-11(16)8-13(12)17/h3-8H,1-2H3,(H,18,19). The molecule has 2 nitrogen and oxygen atoms in total. The van der Waals surface area contributed by atoms with Crippen molar-refractivity contribution in [3.05, 3.63) is 62.0 Å². The number of carbonyl (C=O) groups is 1. The number of halogens is 2. The Morgan fingerprint density at radius 2 is 1.79 bits per heavy atom. The first-order valence-corrected chi connectivity index (χ1v) is 7.39. The highest BCUT2D eigenvalue weighted by Gasteiger charge is 2.11. The highest BCUT2D eigenvalue weighted by atomic mass is 79.9. The quantitative estimate of drug-likeness (QED) is 0.770. The molecule has 0 atom stereocenters. The Balaban J connectivity index is 2.28. The number of anilines is 1. The van der Waals surface area contributed by atoms with Gasteiger partial charge in [0, 0.05) is 14.6 Å². The number of nitrogens with one attached hydrogen (secondary N) is 1. The maximum absolute atomic E-state index is 12.3. The lowest BCUT2D eigenvalue weighted by molar-refractivity contribution is 0.102. The van der Waals surface area contributed by atoms with Crippen molar-refractivity contribution in [2.24, 2.45) is 0 Å². The third-order valence-electron chi connectivity index (χ3n) is 2.82. The van der Waals surface area contributed by atoms with Crippen LogP contribution in [0.3, 0.4) is 0 Å². The molecule has 0 aliphatic rings. The van der Waals surface area contributed by atoms with Crippen molar-refractivity contribution >= 4 is 43.5 Å². The molecule has 98 valence electrons. The van der Waals surface area contributed by atoms with Crippen LogP contribution in [0, 0.1) is 13.8 Å². The van der Waals surface area contributed by atoms with Crippen LogP contribution >= 0.6 is 31.9 Å². The van der Waals surface area contributed by atoms with Gasteiger partial charge in [-0.15, -0.1) is 0 Å². The van der Waals surface area contributed by atoms with E-state index in [1.54, 1.807) is 6.07 Å². The van der Waals surface area contributed by atoms with Crippen LogP contribution in [0.2, 0.25) is 0 Å². The predicted octanol–water partition coefficient (Wildman–Crippen LogP) is 5.08. The number of aryl methyl sites for hydroxylation is 2. The highest BCUT2D eigenvalue weighted by molar-refractivity contribution is 9.11. The van der Waals surface area contributed by atoms with Gasteiger partial charge in [-0.05, 0) is 65.2 Å². The zero-order chi connectivity index (χ0) is 14.0. The molecule has 4 heteroatoms. The second-order valence-electron chi connectivity index (χ2n) is 4.40. The van der Waals surface area contributed by atoms with Crippen LogP contribution in [-0.2, 0) is 0 Å². The molecule has 0 saturated carbocycles. The van der Waals surface area contributed by atoms with Gasteiger partial charge in [0.2, 0.25) is 0 Å². The molecule has 0 bridgehead atoms. The van der Waals surface area contributed by atoms with Crippen molar-refractivity contribution in [1.29, 1.82) is 0 Å². The third-order valence-corrected chi connectivity index (χ3v) is 3.97. The van der Waals surface area contributed by atoms with Crippen LogP contribution in [0.15, 0.2) is 45.3 Å². The molecule has 0 saturated heterocycles. The summed E-state index contributed by atoms with van der Waals surface area (Å²) in [5, 5.41) is 2.94. The van der Waals surface area contributed by atoms with Crippen molar-refractivity contribution in [3.63, 3.8) is 0 Å². The van der Waals surface area contributed by atoms with Gasteiger partial charge in [0.1, 0.15) is 0 Å². The summed E-state index contributed by atoms with van der Waals surface area (Å²) in [6.45, 7) is 3.98. The average Bonchev–Trinajstić information content (AvgIpc) is 2.33. The van der Waals surface area contributed by atoms with Gasteiger partial charge in [0.25, 0.3) is 5.91 Å². The SMILES string of the molecule is Cc1ccc(C)c(NC(=O)c2ccc(Br)cc2Br)c1. The first-order chi connectivity index (χ1) is 8.97. The minimum atomic E-state index is -0.118. The van der Waals surface area contributed by atoms with Crippen molar-refractivity contribution in [1.82, 2.24) is 0 Å². The number of benzene rings is 2. The first kappa shape index (κ1) is 14.3. The number of hydrogen-bond donors (Lipinski definition) is 1. The fraction of sp³-hybridized carbons (Fsp3) is 0.133. The smallest absolute Gasteiger partial charge is 0.256 e. The lowest BCUT2D eigenvalue weighted by atomic mass is 10.1. The van der Waals surface area contributed by atoms with Crippen molar-refractivity contribution in [2.45, 2.75) is 13.8 Å². The van der Waals surface area contributed by atoms with Crippen LogP contribution in [0.1, 0.15) is 21.5 Å². The molecule has 19 heavy (non-hydrogen) atoms. The van der Waals surface area contributed by atoms with E-state index in [-0.39, 0.29) is 5.91 Å². The van der Waals surface area contributed by atoms with E-state index in [4.69, 9.17) is 0 Å². The molecule has 0 unspecified atom stereocenters. The Labute approximate surface area is 129 Å². The minimum Gasteiger partial charge on any atom is -0.322 e. The summed E-state index contributed by atoms with van der Waals surface area (Å²) in [6.07, 6.45) is 0. The fourth-order valence-corrected chi connectivity index (χ4v) is 2.96. The van der Waals surface area contributed by atoms with Crippen molar-refractivity contribution < 1.29 is 4.79 Å². The number of carbonyl (C=O) groups excluding carboxylic acids is 1. The van der Waals surface area contributed by atoms with E-state index in [1.807, 2.05) is 44.2 Å². The molecule has 0 fully saturated rings. The van der Waals surface area contributed by atoms with Gasteiger partial charge in [-0.25, -0.2) is 0 Å². The van der Waals surface area contributed by atoms with E-state index < -0.39 is 0 Å². The molecular formula is C15H13Br2NO. The van der Waals surface area contributed by atoms with E-state index in [9.17, 15) is 4.79 Å². The van der Waals surface area contributed by atoms with E-state index in [0.29, 0.717) is 5.56 Å². The zero-order valence-corrected chi connectivity index (χ0v) is 13.8. The Hall–Kier alpha value is -1.13. The molecule has 0 aromatic heterocycles. The van der Waals surface area contributed by atoms with Gasteiger partial charge >= 0.3 is 0 Å². The van der Waals surface area contributed by atoms with Gasteiger partial charge < -0.3 is 5.32 Å². The van der Waals surface area contributed by atoms with Crippen LogP contribution in [-0.4, -0.2) is 5.91 Å². The maximum atomic E-state index is 12.3. The molecule has 1 amide bonds. The topological polar surface area (TPSA) is 29.1 Å². The van der Waals surface area contributed by atoms with Gasteiger partial charge in [0.05, 0.1) is 5.56 Å². The summed E-state index contributed by atoms with van der Waals surface area (Å²) >= 11 is 6.77. The molecule has 2 rings (SSSR count). The lowest BCUT2D eigenvalue weighted by Crippen LogP contribution is -2.13. The Morgan fingerprint density at radius 1 is 1.05 bits per heavy atom. The molecule has 0 radical (unpaired) electrons. The third kappa shape index (κ3) is 3.45.